The first-order chi connectivity index (χ1) is 9.69. The molecule has 0 spiro atoms. The highest BCUT2D eigenvalue weighted by Crippen LogP contribution is 2.15. The Bertz CT molecular complexity index is 684. The molecule has 0 bridgehead atoms. The minimum atomic E-state index is -0.0965. The summed E-state index contributed by atoms with van der Waals surface area (Å²) in [5.41, 5.74) is 10.3. The maximum atomic E-state index is 11.9. The number of allylic oxidation sites excluding steroid dienone is 1. The molecule has 5 heteroatoms. The van der Waals surface area contributed by atoms with Gasteiger partial charge in [-0.3, -0.25) is 4.79 Å². The van der Waals surface area contributed by atoms with Crippen LogP contribution in [0.2, 0.25) is 5.02 Å². The first kappa shape index (κ1) is 13.9. The Morgan fingerprint density at radius 1 is 1.10 bits per heavy atom. The second-order valence-corrected chi connectivity index (χ2v) is 4.42. The summed E-state index contributed by atoms with van der Waals surface area (Å²) < 4.78 is 0. The van der Waals surface area contributed by atoms with E-state index in [4.69, 9.17) is 17.1 Å². The predicted molar refractivity (Wildman–Crippen MR) is 80.1 cm³/mol. The van der Waals surface area contributed by atoms with Crippen LogP contribution in [0.4, 0.5) is 5.69 Å². The molecule has 0 fully saturated rings. The van der Waals surface area contributed by atoms with Crippen LogP contribution in [0.25, 0.3) is 16.5 Å². The molecule has 0 unspecified atom stereocenters. The van der Waals surface area contributed by atoms with Gasteiger partial charge < -0.3 is 0 Å². The minimum Gasteiger partial charge on any atom is -0.289 e. The molecule has 0 atom stereocenters. The molecule has 0 heterocycles. The van der Waals surface area contributed by atoms with Gasteiger partial charge in [0.25, 0.3) is 0 Å². The highest BCUT2D eigenvalue weighted by Gasteiger charge is 2.00. The number of hydrogen-bond donors (Lipinski definition) is 0. The summed E-state index contributed by atoms with van der Waals surface area (Å²) in [4.78, 5) is 14.6. The highest BCUT2D eigenvalue weighted by atomic mass is 35.5. The number of carbonyl (C=O) groups is 1. The van der Waals surface area contributed by atoms with Gasteiger partial charge in [0, 0.05) is 21.2 Å². The Hall–Kier alpha value is -2.55. The molecule has 0 aliphatic rings. The number of ketones is 1. The molecule has 0 amide bonds. The van der Waals surface area contributed by atoms with E-state index in [0.717, 1.165) is 5.56 Å². The van der Waals surface area contributed by atoms with Gasteiger partial charge in [-0.15, -0.1) is 0 Å². The molecule has 0 aliphatic heterocycles. The number of nitrogens with zero attached hydrogens (tertiary/aromatic N) is 3. The van der Waals surface area contributed by atoms with Crippen molar-refractivity contribution in [3.8, 4) is 0 Å². The topological polar surface area (TPSA) is 65.8 Å². The van der Waals surface area contributed by atoms with Gasteiger partial charge in [-0.25, -0.2) is 0 Å². The maximum absolute atomic E-state index is 11.9. The van der Waals surface area contributed by atoms with E-state index < -0.39 is 0 Å². The molecule has 20 heavy (non-hydrogen) atoms. The molecular formula is C15H10ClN3O. The largest absolute Gasteiger partial charge is 0.289 e. The SMILES string of the molecule is [N-]=[N+]=Nc1ccc(/C=C/C(=O)c2ccc(Cl)cc2)cc1. The van der Waals surface area contributed by atoms with Crippen molar-refractivity contribution in [2.24, 2.45) is 5.11 Å². The van der Waals surface area contributed by atoms with Crippen LogP contribution in [-0.4, -0.2) is 5.78 Å². The fraction of sp³-hybridized carbons (Fsp3) is 0. The number of carbonyl (C=O) groups excluding carboxylic acids is 1. The number of rotatable bonds is 4. The summed E-state index contributed by atoms with van der Waals surface area (Å²) >= 11 is 5.77. The van der Waals surface area contributed by atoms with Gasteiger partial charge in [0.15, 0.2) is 5.78 Å². The molecule has 0 aromatic heterocycles. The average molecular weight is 284 g/mol. The van der Waals surface area contributed by atoms with E-state index in [0.29, 0.717) is 16.3 Å². The molecule has 0 radical (unpaired) electrons. The Kier molecular flexibility index (Phi) is 4.56. The number of benzene rings is 2. The Balaban J connectivity index is 2.10. The van der Waals surface area contributed by atoms with Crippen molar-refractivity contribution in [3.63, 3.8) is 0 Å². The summed E-state index contributed by atoms with van der Waals surface area (Å²) in [6, 6.07) is 13.6. The van der Waals surface area contributed by atoms with E-state index in [1.54, 1.807) is 54.6 Å². The normalized spacial score (nSPS) is 10.2. The van der Waals surface area contributed by atoms with Crippen LogP contribution in [0, 0.1) is 0 Å². The molecule has 98 valence electrons. The fourth-order valence-corrected chi connectivity index (χ4v) is 1.71. The standard InChI is InChI=1S/C15H10ClN3O/c16-13-6-4-12(5-7-13)15(20)10-3-11-1-8-14(9-2-11)18-19-17/h1-10H/b10-3+. The zero-order valence-corrected chi connectivity index (χ0v) is 11.2. The number of azide groups is 1. The third-order valence-corrected chi connectivity index (χ3v) is 2.86. The zero-order valence-electron chi connectivity index (χ0n) is 10.4. The van der Waals surface area contributed by atoms with Crippen LogP contribution in [0.15, 0.2) is 59.7 Å². The van der Waals surface area contributed by atoms with Crippen LogP contribution in [0.3, 0.4) is 0 Å². The molecule has 0 aliphatic carbocycles. The van der Waals surface area contributed by atoms with Gasteiger partial charge in [0.05, 0.1) is 0 Å². The van der Waals surface area contributed by atoms with E-state index in [9.17, 15) is 4.79 Å². The first-order valence-electron chi connectivity index (χ1n) is 5.82. The lowest BCUT2D eigenvalue weighted by atomic mass is 10.1. The van der Waals surface area contributed by atoms with Crippen LogP contribution in [-0.2, 0) is 0 Å². The summed E-state index contributed by atoms with van der Waals surface area (Å²) in [7, 11) is 0. The van der Waals surface area contributed by atoms with Crippen LogP contribution in [0.1, 0.15) is 15.9 Å². The van der Waals surface area contributed by atoms with Gasteiger partial charge in [-0.2, -0.15) is 0 Å². The molecule has 0 saturated heterocycles. The molecule has 4 nitrogen and oxygen atoms in total. The lowest BCUT2D eigenvalue weighted by Crippen LogP contribution is -1.92. The molecule has 0 saturated carbocycles. The van der Waals surface area contributed by atoms with E-state index in [-0.39, 0.29) is 5.78 Å². The maximum Gasteiger partial charge on any atom is 0.185 e. The van der Waals surface area contributed by atoms with Crippen molar-refractivity contribution in [1.29, 1.82) is 0 Å². The van der Waals surface area contributed by atoms with Crippen LogP contribution >= 0.6 is 11.6 Å². The van der Waals surface area contributed by atoms with Crippen molar-refractivity contribution < 1.29 is 4.79 Å². The fourth-order valence-electron chi connectivity index (χ4n) is 1.59. The second-order valence-electron chi connectivity index (χ2n) is 3.99. The Labute approximate surface area is 120 Å². The van der Waals surface area contributed by atoms with Gasteiger partial charge in [0.1, 0.15) is 0 Å². The zero-order chi connectivity index (χ0) is 14.4. The van der Waals surface area contributed by atoms with Crippen molar-refractivity contribution >= 4 is 29.1 Å². The smallest absolute Gasteiger partial charge is 0.185 e. The van der Waals surface area contributed by atoms with Gasteiger partial charge >= 0.3 is 0 Å². The summed E-state index contributed by atoms with van der Waals surface area (Å²) in [5, 5.41) is 4.07. The molecule has 0 N–H and O–H groups in total. The quantitative estimate of drug-likeness (QED) is 0.251. The summed E-state index contributed by atoms with van der Waals surface area (Å²) in [6.07, 6.45) is 3.20. The minimum absolute atomic E-state index is 0.0965. The lowest BCUT2D eigenvalue weighted by molar-refractivity contribution is 0.104. The second kappa shape index (κ2) is 6.57. The number of hydrogen-bond acceptors (Lipinski definition) is 2. The number of halogens is 1. The van der Waals surface area contributed by atoms with E-state index in [1.165, 1.54) is 6.08 Å². The van der Waals surface area contributed by atoms with Crippen molar-refractivity contribution in [1.82, 2.24) is 0 Å². The molecular weight excluding hydrogens is 274 g/mol. The van der Waals surface area contributed by atoms with Gasteiger partial charge in [-0.1, -0.05) is 47.1 Å². The molecule has 2 rings (SSSR count). The molecule has 2 aromatic rings. The van der Waals surface area contributed by atoms with E-state index in [2.05, 4.69) is 10.0 Å². The Morgan fingerprint density at radius 2 is 1.75 bits per heavy atom. The average Bonchev–Trinajstić information content (AvgIpc) is 2.47. The molecule has 2 aromatic carbocycles. The monoisotopic (exact) mass is 283 g/mol. The Morgan fingerprint density at radius 3 is 2.35 bits per heavy atom. The van der Waals surface area contributed by atoms with Crippen molar-refractivity contribution in [2.75, 3.05) is 0 Å². The summed E-state index contributed by atoms with van der Waals surface area (Å²) in [5.74, 6) is -0.0965. The van der Waals surface area contributed by atoms with Crippen LogP contribution < -0.4 is 0 Å². The van der Waals surface area contributed by atoms with Gasteiger partial charge in [0.2, 0.25) is 0 Å². The lowest BCUT2D eigenvalue weighted by Gasteiger charge is -1.97. The highest BCUT2D eigenvalue weighted by molar-refractivity contribution is 6.30. The predicted octanol–water partition coefficient (Wildman–Crippen LogP) is 5.18. The summed E-state index contributed by atoms with van der Waals surface area (Å²) in [6.45, 7) is 0. The first-order valence-corrected chi connectivity index (χ1v) is 6.20. The van der Waals surface area contributed by atoms with Crippen LogP contribution in [0.5, 0.6) is 0 Å². The van der Waals surface area contributed by atoms with E-state index >= 15 is 0 Å². The third-order valence-electron chi connectivity index (χ3n) is 2.61. The van der Waals surface area contributed by atoms with E-state index in [1.807, 2.05) is 0 Å². The van der Waals surface area contributed by atoms with Gasteiger partial charge in [-0.05, 0) is 41.4 Å². The van der Waals surface area contributed by atoms with Crippen molar-refractivity contribution in [2.45, 2.75) is 0 Å². The van der Waals surface area contributed by atoms with Crippen molar-refractivity contribution in [3.05, 3.63) is 81.2 Å². The third kappa shape index (κ3) is 3.72.